The first-order valence-electron chi connectivity index (χ1n) is 7.45. The van der Waals surface area contributed by atoms with Gasteiger partial charge in [-0.1, -0.05) is 37.3 Å². The first-order chi connectivity index (χ1) is 9.74. The average molecular weight is 270 g/mol. The first kappa shape index (κ1) is 13.3. The standard InChI is InChI=1S/C16H22N4/c1-12-9-10-20-15(18-19-16(20)11-12)8-7-14(17)13-5-3-2-4-6-13/h2-6,12,14H,7-11,17H2,1H3. The Labute approximate surface area is 120 Å². The minimum Gasteiger partial charge on any atom is -0.324 e. The van der Waals surface area contributed by atoms with Crippen LogP contribution in [0.4, 0.5) is 0 Å². The lowest BCUT2D eigenvalue weighted by Crippen LogP contribution is -2.20. The highest BCUT2D eigenvalue weighted by Gasteiger charge is 2.20. The third-order valence-electron chi connectivity index (χ3n) is 4.19. The third-order valence-corrected chi connectivity index (χ3v) is 4.19. The fraction of sp³-hybridized carbons (Fsp3) is 0.500. The van der Waals surface area contributed by atoms with Gasteiger partial charge in [0.15, 0.2) is 0 Å². The van der Waals surface area contributed by atoms with Crippen LogP contribution in [-0.4, -0.2) is 14.8 Å². The fourth-order valence-electron chi connectivity index (χ4n) is 2.88. The molecule has 0 bridgehead atoms. The summed E-state index contributed by atoms with van der Waals surface area (Å²) < 4.78 is 2.29. The Bertz CT molecular complexity index is 561. The normalized spacial score (nSPS) is 19.6. The first-order valence-corrected chi connectivity index (χ1v) is 7.45. The summed E-state index contributed by atoms with van der Waals surface area (Å²) in [5.41, 5.74) is 7.45. The van der Waals surface area contributed by atoms with Crippen LogP contribution >= 0.6 is 0 Å². The molecule has 2 unspecified atom stereocenters. The number of nitrogens with zero attached hydrogens (tertiary/aromatic N) is 3. The molecule has 0 saturated heterocycles. The van der Waals surface area contributed by atoms with Gasteiger partial charge in [-0.3, -0.25) is 0 Å². The van der Waals surface area contributed by atoms with Crippen LogP contribution in [0.5, 0.6) is 0 Å². The topological polar surface area (TPSA) is 56.7 Å². The number of hydrogen-bond acceptors (Lipinski definition) is 3. The van der Waals surface area contributed by atoms with Gasteiger partial charge in [-0.25, -0.2) is 0 Å². The van der Waals surface area contributed by atoms with Crippen LogP contribution in [0.15, 0.2) is 30.3 Å². The molecule has 0 fully saturated rings. The number of aromatic nitrogens is 3. The minimum atomic E-state index is 0.0756. The Balaban J connectivity index is 1.65. The summed E-state index contributed by atoms with van der Waals surface area (Å²) in [5, 5.41) is 8.69. The van der Waals surface area contributed by atoms with Crippen molar-refractivity contribution in [3.05, 3.63) is 47.5 Å². The molecule has 1 aromatic carbocycles. The maximum absolute atomic E-state index is 6.25. The SMILES string of the molecule is CC1CCn2c(CCC(N)c3ccccc3)nnc2C1. The second-order valence-electron chi connectivity index (χ2n) is 5.84. The van der Waals surface area contributed by atoms with Crippen molar-refractivity contribution in [2.45, 2.75) is 45.2 Å². The van der Waals surface area contributed by atoms with Gasteiger partial charge in [-0.15, -0.1) is 10.2 Å². The van der Waals surface area contributed by atoms with Gasteiger partial charge in [-0.05, 0) is 24.3 Å². The van der Waals surface area contributed by atoms with Crippen molar-refractivity contribution in [1.29, 1.82) is 0 Å². The quantitative estimate of drug-likeness (QED) is 0.928. The molecule has 20 heavy (non-hydrogen) atoms. The summed E-state index contributed by atoms with van der Waals surface area (Å²) in [6.07, 6.45) is 4.09. The summed E-state index contributed by atoms with van der Waals surface area (Å²) in [4.78, 5) is 0. The second-order valence-corrected chi connectivity index (χ2v) is 5.84. The molecule has 1 aliphatic heterocycles. The highest BCUT2D eigenvalue weighted by atomic mass is 15.3. The van der Waals surface area contributed by atoms with E-state index in [-0.39, 0.29) is 6.04 Å². The van der Waals surface area contributed by atoms with E-state index >= 15 is 0 Å². The number of rotatable bonds is 4. The van der Waals surface area contributed by atoms with Gasteiger partial charge in [0.05, 0.1) is 0 Å². The minimum absolute atomic E-state index is 0.0756. The lowest BCUT2D eigenvalue weighted by Gasteiger charge is -2.20. The average Bonchev–Trinajstić information content (AvgIpc) is 2.88. The fourth-order valence-corrected chi connectivity index (χ4v) is 2.88. The number of nitrogens with two attached hydrogens (primary N) is 1. The number of hydrogen-bond donors (Lipinski definition) is 1. The maximum Gasteiger partial charge on any atom is 0.133 e. The Morgan fingerprint density at radius 2 is 2.10 bits per heavy atom. The molecule has 2 N–H and O–H groups in total. The molecule has 4 nitrogen and oxygen atoms in total. The van der Waals surface area contributed by atoms with Gasteiger partial charge in [0.1, 0.15) is 11.6 Å². The van der Waals surface area contributed by atoms with Crippen molar-refractivity contribution in [3.63, 3.8) is 0 Å². The zero-order chi connectivity index (χ0) is 13.9. The molecule has 2 atom stereocenters. The van der Waals surface area contributed by atoms with Crippen LogP contribution in [0.3, 0.4) is 0 Å². The molecule has 4 heteroatoms. The van der Waals surface area contributed by atoms with Crippen LogP contribution in [0.2, 0.25) is 0 Å². The van der Waals surface area contributed by atoms with Crippen molar-refractivity contribution in [1.82, 2.24) is 14.8 Å². The van der Waals surface area contributed by atoms with Crippen LogP contribution in [0, 0.1) is 5.92 Å². The Morgan fingerprint density at radius 3 is 2.90 bits per heavy atom. The summed E-state index contributed by atoms with van der Waals surface area (Å²) in [6.45, 7) is 3.34. The smallest absolute Gasteiger partial charge is 0.133 e. The van der Waals surface area contributed by atoms with Crippen molar-refractivity contribution in [2.24, 2.45) is 11.7 Å². The van der Waals surface area contributed by atoms with E-state index < -0.39 is 0 Å². The zero-order valence-electron chi connectivity index (χ0n) is 12.0. The lowest BCUT2D eigenvalue weighted by atomic mass is 9.99. The molecule has 0 aliphatic carbocycles. The van der Waals surface area contributed by atoms with E-state index in [1.54, 1.807) is 0 Å². The predicted octanol–water partition coefficient (Wildman–Crippen LogP) is 2.49. The van der Waals surface area contributed by atoms with Crippen LogP contribution < -0.4 is 5.73 Å². The summed E-state index contributed by atoms with van der Waals surface area (Å²) in [7, 11) is 0. The Morgan fingerprint density at radius 1 is 1.30 bits per heavy atom. The maximum atomic E-state index is 6.25. The Kier molecular flexibility index (Phi) is 3.83. The van der Waals surface area contributed by atoms with Crippen molar-refractivity contribution < 1.29 is 0 Å². The molecule has 106 valence electrons. The van der Waals surface area contributed by atoms with Crippen LogP contribution in [-0.2, 0) is 19.4 Å². The highest BCUT2D eigenvalue weighted by molar-refractivity contribution is 5.18. The van der Waals surface area contributed by atoms with E-state index in [0.29, 0.717) is 0 Å². The predicted molar refractivity (Wildman–Crippen MR) is 79.2 cm³/mol. The molecule has 1 aromatic heterocycles. The molecule has 2 heterocycles. The van der Waals surface area contributed by atoms with E-state index in [9.17, 15) is 0 Å². The van der Waals surface area contributed by atoms with Gasteiger partial charge >= 0.3 is 0 Å². The summed E-state index contributed by atoms with van der Waals surface area (Å²) in [6, 6.07) is 10.3. The van der Waals surface area contributed by atoms with Gasteiger partial charge in [0.25, 0.3) is 0 Å². The van der Waals surface area contributed by atoms with Crippen molar-refractivity contribution in [3.8, 4) is 0 Å². The molecule has 2 aromatic rings. The summed E-state index contributed by atoms with van der Waals surface area (Å²) in [5.74, 6) is 2.97. The van der Waals surface area contributed by atoms with E-state index in [0.717, 1.165) is 43.4 Å². The zero-order valence-corrected chi connectivity index (χ0v) is 12.0. The Hall–Kier alpha value is -1.68. The van der Waals surface area contributed by atoms with Crippen LogP contribution in [0.25, 0.3) is 0 Å². The van der Waals surface area contributed by atoms with E-state index in [1.165, 1.54) is 12.0 Å². The van der Waals surface area contributed by atoms with Gasteiger partial charge in [-0.2, -0.15) is 0 Å². The van der Waals surface area contributed by atoms with E-state index in [2.05, 4.69) is 33.8 Å². The van der Waals surface area contributed by atoms with E-state index in [4.69, 9.17) is 5.73 Å². The number of benzene rings is 1. The van der Waals surface area contributed by atoms with Crippen molar-refractivity contribution >= 4 is 0 Å². The third kappa shape index (κ3) is 2.75. The monoisotopic (exact) mass is 270 g/mol. The van der Waals surface area contributed by atoms with Gasteiger partial charge in [0, 0.05) is 25.4 Å². The number of fused-ring (bicyclic) bond motifs is 1. The van der Waals surface area contributed by atoms with Gasteiger partial charge in [0.2, 0.25) is 0 Å². The molecule has 1 aliphatic rings. The van der Waals surface area contributed by atoms with Crippen LogP contribution in [0.1, 0.15) is 43.0 Å². The lowest BCUT2D eigenvalue weighted by molar-refractivity contribution is 0.401. The summed E-state index contributed by atoms with van der Waals surface area (Å²) >= 11 is 0. The van der Waals surface area contributed by atoms with E-state index in [1.807, 2.05) is 18.2 Å². The number of aryl methyl sites for hydroxylation is 1. The largest absolute Gasteiger partial charge is 0.324 e. The molecule has 0 saturated carbocycles. The molecular formula is C16H22N4. The molecular weight excluding hydrogens is 248 g/mol. The second kappa shape index (κ2) is 5.75. The molecule has 3 rings (SSSR count). The van der Waals surface area contributed by atoms with Gasteiger partial charge < -0.3 is 10.3 Å². The highest BCUT2D eigenvalue weighted by Crippen LogP contribution is 2.21. The molecule has 0 amide bonds. The molecule has 0 radical (unpaired) electrons. The molecule has 0 spiro atoms. The van der Waals surface area contributed by atoms with Crippen molar-refractivity contribution in [2.75, 3.05) is 0 Å².